The monoisotopic (exact) mass is 399 g/mol. The predicted molar refractivity (Wildman–Crippen MR) is 115 cm³/mol. The first-order valence-corrected chi connectivity index (χ1v) is 9.32. The Morgan fingerprint density at radius 1 is 0.500 bits per heavy atom. The SMILES string of the molecule is Nc1ccc(-c2ccccc2-c2ccc(-c3ccccc3)cc2Br)cc1. The molecule has 0 aliphatic rings. The Balaban J connectivity index is 1.80. The zero-order chi connectivity index (χ0) is 17.9. The Bertz CT molecular complexity index is 1040. The van der Waals surface area contributed by atoms with E-state index in [4.69, 9.17) is 5.73 Å². The van der Waals surface area contributed by atoms with Gasteiger partial charge >= 0.3 is 0 Å². The van der Waals surface area contributed by atoms with Crippen LogP contribution in [0.15, 0.2) is 102 Å². The molecule has 0 saturated heterocycles. The van der Waals surface area contributed by atoms with Gasteiger partial charge in [0.25, 0.3) is 0 Å². The third-order valence-electron chi connectivity index (χ3n) is 4.52. The number of benzene rings is 4. The number of anilines is 1. The summed E-state index contributed by atoms with van der Waals surface area (Å²) in [6.45, 7) is 0. The first-order valence-electron chi connectivity index (χ1n) is 8.53. The number of hydrogen-bond donors (Lipinski definition) is 1. The van der Waals surface area contributed by atoms with Crippen molar-refractivity contribution in [2.75, 3.05) is 5.73 Å². The van der Waals surface area contributed by atoms with Crippen LogP contribution in [0, 0.1) is 0 Å². The van der Waals surface area contributed by atoms with Crippen molar-refractivity contribution >= 4 is 21.6 Å². The number of hydrogen-bond acceptors (Lipinski definition) is 1. The molecule has 26 heavy (non-hydrogen) atoms. The molecule has 0 aromatic heterocycles. The van der Waals surface area contributed by atoms with Gasteiger partial charge in [0, 0.05) is 10.2 Å². The highest BCUT2D eigenvalue weighted by molar-refractivity contribution is 9.10. The molecule has 0 aliphatic heterocycles. The van der Waals surface area contributed by atoms with Gasteiger partial charge in [0.05, 0.1) is 0 Å². The highest BCUT2D eigenvalue weighted by Crippen LogP contribution is 2.38. The molecule has 0 unspecified atom stereocenters. The van der Waals surface area contributed by atoms with Crippen LogP contribution < -0.4 is 5.73 Å². The Kier molecular flexibility index (Phi) is 4.59. The lowest BCUT2D eigenvalue weighted by atomic mass is 9.93. The molecule has 4 aromatic rings. The standard InChI is InChI=1S/C24H18BrN/c25-24-16-19(17-6-2-1-3-7-17)12-15-23(24)22-9-5-4-8-21(22)18-10-13-20(26)14-11-18/h1-16H,26H2. The van der Waals surface area contributed by atoms with Gasteiger partial charge in [-0.05, 0) is 51.6 Å². The predicted octanol–water partition coefficient (Wildman–Crippen LogP) is 7.03. The molecule has 0 heterocycles. The Hall–Kier alpha value is -2.84. The van der Waals surface area contributed by atoms with Crippen LogP contribution in [0.4, 0.5) is 5.69 Å². The highest BCUT2D eigenvalue weighted by atomic mass is 79.9. The summed E-state index contributed by atoms with van der Waals surface area (Å²) in [6.07, 6.45) is 0. The molecule has 2 heteroatoms. The van der Waals surface area contributed by atoms with Crippen molar-refractivity contribution in [1.82, 2.24) is 0 Å². The van der Waals surface area contributed by atoms with E-state index >= 15 is 0 Å². The van der Waals surface area contributed by atoms with Crippen molar-refractivity contribution < 1.29 is 0 Å². The van der Waals surface area contributed by atoms with Crippen molar-refractivity contribution in [3.8, 4) is 33.4 Å². The average molecular weight is 400 g/mol. The fourth-order valence-corrected chi connectivity index (χ4v) is 3.77. The lowest BCUT2D eigenvalue weighted by Crippen LogP contribution is -1.88. The fraction of sp³-hybridized carbons (Fsp3) is 0. The van der Waals surface area contributed by atoms with Gasteiger partial charge in [0.15, 0.2) is 0 Å². The van der Waals surface area contributed by atoms with Gasteiger partial charge in [-0.15, -0.1) is 0 Å². The van der Waals surface area contributed by atoms with Crippen LogP contribution in [0.25, 0.3) is 33.4 Å². The van der Waals surface area contributed by atoms with Gasteiger partial charge in [-0.3, -0.25) is 0 Å². The van der Waals surface area contributed by atoms with E-state index < -0.39 is 0 Å². The van der Waals surface area contributed by atoms with Crippen LogP contribution in [-0.2, 0) is 0 Å². The first kappa shape index (κ1) is 16.6. The maximum atomic E-state index is 5.84. The number of rotatable bonds is 3. The second-order valence-corrected chi connectivity index (χ2v) is 7.08. The van der Waals surface area contributed by atoms with Crippen LogP contribution in [0.3, 0.4) is 0 Å². The molecule has 4 rings (SSSR count). The van der Waals surface area contributed by atoms with Gasteiger partial charge in [0.2, 0.25) is 0 Å². The first-order chi connectivity index (χ1) is 12.7. The maximum absolute atomic E-state index is 5.84. The van der Waals surface area contributed by atoms with E-state index in [1.807, 2.05) is 18.2 Å². The summed E-state index contributed by atoms with van der Waals surface area (Å²) < 4.78 is 1.08. The molecular formula is C24H18BrN. The van der Waals surface area contributed by atoms with Crippen LogP contribution in [-0.4, -0.2) is 0 Å². The minimum Gasteiger partial charge on any atom is -0.399 e. The third-order valence-corrected chi connectivity index (χ3v) is 5.17. The van der Waals surface area contributed by atoms with E-state index in [1.54, 1.807) is 0 Å². The lowest BCUT2D eigenvalue weighted by molar-refractivity contribution is 1.54. The number of halogens is 1. The summed E-state index contributed by atoms with van der Waals surface area (Å²) in [5, 5.41) is 0. The summed E-state index contributed by atoms with van der Waals surface area (Å²) in [4.78, 5) is 0. The molecule has 0 aliphatic carbocycles. The van der Waals surface area contributed by atoms with E-state index in [-0.39, 0.29) is 0 Å². The smallest absolute Gasteiger partial charge is 0.0314 e. The van der Waals surface area contributed by atoms with E-state index in [0.29, 0.717) is 0 Å². The summed E-state index contributed by atoms with van der Waals surface area (Å²) in [6, 6.07) is 33.5. The van der Waals surface area contributed by atoms with Gasteiger partial charge in [-0.2, -0.15) is 0 Å². The van der Waals surface area contributed by atoms with Crippen molar-refractivity contribution in [3.05, 3.63) is 102 Å². The third kappa shape index (κ3) is 3.29. The molecule has 0 bridgehead atoms. The van der Waals surface area contributed by atoms with E-state index in [2.05, 4.69) is 94.8 Å². The molecule has 4 aromatic carbocycles. The van der Waals surface area contributed by atoms with Crippen LogP contribution >= 0.6 is 15.9 Å². The minimum atomic E-state index is 0.777. The van der Waals surface area contributed by atoms with Gasteiger partial charge < -0.3 is 5.73 Å². The van der Waals surface area contributed by atoms with E-state index in [1.165, 1.54) is 27.8 Å². The van der Waals surface area contributed by atoms with Crippen molar-refractivity contribution in [2.45, 2.75) is 0 Å². The van der Waals surface area contributed by atoms with Crippen molar-refractivity contribution in [1.29, 1.82) is 0 Å². The minimum absolute atomic E-state index is 0.777. The second-order valence-electron chi connectivity index (χ2n) is 6.23. The van der Waals surface area contributed by atoms with Crippen LogP contribution in [0.2, 0.25) is 0 Å². The molecule has 0 radical (unpaired) electrons. The Morgan fingerprint density at radius 3 is 1.81 bits per heavy atom. The zero-order valence-corrected chi connectivity index (χ0v) is 15.8. The number of nitrogen functional groups attached to an aromatic ring is 1. The molecule has 0 saturated carbocycles. The van der Waals surface area contributed by atoms with Crippen LogP contribution in [0.1, 0.15) is 0 Å². The molecule has 1 nitrogen and oxygen atoms in total. The lowest BCUT2D eigenvalue weighted by Gasteiger charge is -2.13. The summed E-state index contributed by atoms with van der Waals surface area (Å²) in [7, 11) is 0. The molecule has 0 fully saturated rings. The fourth-order valence-electron chi connectivity index (χ4n) is 3.18. The van der Waals surface area contributed by atoms with Gasteiger partial charge in [0.1, 0.15) is 0 Å². The molecule has 0 spiro atoms. The highest BCUT2D eigenvalue weighted by Gasteiger charge is 2.11. The molecular weight excluding hydrogens is 382 g/mol. The van der Waals surface area contributed by atoms with Gasteiger partial charge in [-0.25, -0.2) is 0 Å². The van der Waals surface area contributed by atoms with Crippen molar-refractivity contribution in [3.63, 3.8) is 0 Å². The Morgan fingerprint density at radius 2 is 1.12 bits per heavy atom. The average Bonchev–Trinajstić information content (AvgIpc) is 2.69. The Labute approximate surface area is 162 Å². The number of nitrogens with two attached hydrogens (primary N) is 1. The van der Waals surface area contributed by atoms with Gasteiger partial charge in [-0.1, -0.05) is 94.8 Å². The topological polar surface area (TPSA) is 26.0 Å². The molecule has 0 atom stereocenters. The normalized spacial score (nSPS) is 10.7. The van der Waals surface area contributed by atoms with Crippen LogP contribution in [0.5, 0.6) is 0 Å². The summed E-state index contributed by atoms with van der Waals surface area (Å²) >= 11 is 3.78. The van der Waals surface area contributed by atoms with E-state index in [9.17, 15) is 0 Å². The summed E-state index contributed by atoms with van der Waals surface area (Å²) in [5.41, 5.74) is 13.8. The quantitative estimate of drug-likeness (QED) is 0.367. The molecule has 126 valence electrons. The molecule has 0 amide bonds. The largest absolute Gasteiger partial charge is 0.399 e. The maximum Gasteiger partial charge on any atom is 0.0314 e. The molecule has 2 N–H and O–H groups in total. The zero-order valence-electron chi connectivity index (χ0n) is 14.2. The second kappa shape index (κ2) is 7.19. The van der Waals surface area contributed by atoms with E-state index in [0.717, 1.165) is 15.7 Å². The van der Waals surface area contributed by atoms with Crippen molar-refractivity contribution in [2.24, 2.45) is 0 Å². The summed E-state index contributed by atoms with van der Waals surface area (Å²) in [5.74, 6) is 0.